The minimum Gasteiger partial charge on any atom is -0.387 e. The van der Waals surface area contributed by atoms with E-state index in [1.165, 1.54) is 7.11 Å². The highest BCUT2D eigenvalue weighted by Crippen LogP contribution is 2.39. The van der Waals surface area contributed by atoms with Crippen LogP contribution >= 0.6 is 15.9 Å². The van der Waals surface area contributed by atoms with Gasteiger partial charge in [0.15, 0.2) is 12.6 Å². The molecule has 15 atom stereocenters. The largest absolute Gasteiger partial charge is 0.387 e. The number of amides is 2. The SMILES string of the molecule is CO[C@]1(C)C[C@H](O[C@H]2[C@H](C)[C@@H](O[C@@H]3O[C@H](C)C[C@H](N(C)C)[C@H]3O)[C@](C)(O)C[C@@H](C)CN(C)C(=O)C[C@@H](Cc3ccc(Br)cc3)NC(=O)[C@@H]2C)O[C@@H](C)[C@@H]1O. The number of hydrogen-bond donors (Lipinski definition) is 4. The molecule has 0 bridgehead atoms. The highest BCUT2D eigenvalue weighted by molar-refractivity contribution is 9.10. The number of benzene rings is 1. The lowest BCUT2D eigenvalue weighted by Crippen LogP contribution is -2.61. The zero-order valence-corrected chi connectivity index (χ0v) is 35.6. The Balaban J connectivity index is 1.78. The summed E-state index contributed by atoms with van der Waals surface area (Å²) in [7, 11) is 7.06. The Morgan fingerprint density at radius 1 is 1.02 bits per heavy atom. The average Bonchev–Trinajstić information content (AvgIpc) is 3.09. The number of nitrogens with one attached hydrogen (secondary N) is 1. The number of hydrogen-bond acceptors (Lipinski definition) is 11. The van der Waals surface area contributed by atoms with Crippen LogP contribution in [0.2, 0.25) is 0 Å². The molecule has 4 rings (SSSR count). The van der Waals surface area contributed by atoms with Crippen LogP contribution in [-0.4, -0.2) is 144 Å². The Morgan fingerprint density at radius 2 is 1.67 bits per heavy atom. The standard InChI is InChI=1S/C40H66BrN3O10/c1-22-19-39(6,49)36(54-38-33(46)30(43(8)9)16-23(2)51-38)24(3)34(53-32-20-40(7,50-11)35(47)26(5)52-32)25(4)37(48)42-29(18-31(45)44(10)21-22)17-27-12-14-28(41)15-13-27/h12-15,22-26,29-30,32-36,38,46-47,49H,16-21H2,1-11H3,(H,42,48)/t22-,23-,24+,25-,26+,29-,30+,32+,33-,34+,35+,36-,38+,39-,40-/m1/s1. The zero-order valence-electron chi connectivity index (χ0n) is 34.0. The van der Waals surface area contributed by atoms with Gasteiger partial charge in [-0.1, -0.05) is 48.8 Å². The number of carbonyl (C=O) groups is 2. The smallest absolute Gasteiger partial charge is 0.225 e. The molecule has 1 aromatic rings. The molecule has 4 N–H and O–H groups in total. The van der Waals surface area contributed by atoms with E-state index in [2.05, 4.69) is 21.2 Å². The van der Waals surface area contributed by atoms with E-state index in [9.17, 15) is 24.9 Å². The summed E-state index contributed by atoms with van der Waals surface area (Å²) in [6.45, 7) is 13.1. The van der Waals surface area contributed by atoms with E-state index in [1.807, 2.05) is 64.0 Å². The maximum Gasteiger partial charge on any atom is 0.225 e. The molecule has 13 nitrogen and oxygen atoms in total. The summed E-state index contributed by atoms with van der Waals surface area (Å²) in [6.07, 6.45) is -5.23. The minimum absolute atomic E-state index is 0.0798. The van der Waals surface area contributed by atoms with Crippen LogP contribution < -0.4 is 5.32 Å². The van der Waals surface area contributed by atoms with Crippen molar-refractivity contribution in [3.8, 4) is 0 Å². The first-order valence-electron chi connectivity index (χ1n) is 19.4. The first-order valence-corrected chi connectivity index (χ1v) is 20.2. The normalized spacial score (nSPS) is 42.1. The molecular formula is C40H66BrN3O10. The second-order valence-corrected chi connectivity index (χ2v) is 17.9. The van der Waals surface area contributed by atoms with Crippen molar-refractivity contribution >= 4 is 27.7 Å². The van der Waals surface area contributed by atoms with Crippen molar-refractivity contribution < 1.29 is 48.6 Å². The Hall–Kier alpha value is -1.72. The Morgan fingerprint density at radius 3 is 2.28 bits per heavy atom. The lowest BCUT2D eigenvalue weighted by atomic mass is 9.77. The average molecular weight is 829 g/mol. The maximum atomic E-state index is 14.4. The van der Waals surface area contributed by atoms with Gasteiger partial charge >= 0.3 is 0 Å². The first-order chi connectivity index (χ1) is 25.1. The van der Waals surface area contributed by atoms with Crippen molar-refractivity contribution in [2.24, 2.45) is 17.8 Å². The third-order valence-electron chi connectivity index (χ3n) is 11.8. The fourth-order valence-electron chi connectivity index (χ4n) is 8.66. The van der Waals surface area contributed by atoms with Gasteiger partial charge in [-0.2, -0.15) is 0 Å². The monoisotopic (exact) mass is 827 g/mol. The molecule has 3 aliphatic heterocycles. The van der Waals surface area contributed by atoms with E-state index in [0.29, 0.717) is 19.4 Å². The summed E-state index contributed by atoms with van der Waals surface area (Å²) < 4.78 is 32.6. The summed E-state index contributed by atoms with van der Waals surface area (Å²) in [5.74, 6) is -2.16. The van der Waals surface area contributed by atoms with E-state index in [1.54, 1.807) is 39.6 Å². The van der Waals surface area contributed by atoms with E-state index in [4.69, 9.17) is 23.7 Å². The molecule has 308 valence electrons. The third-order valence-corrected chi connectivity index (χ3v) is 12.3. The summed E-state index contributed by atoms with van der Waals surface area (Å²) in [4.78, 5) is 31.7. The number of rotatable bonds is 8. The molecule has 14 heteroatoms. The fraction of sp³-hybridized carbons (Fsp3) is 0.800. The van der Waals surface area contributed by atoms with Crippen LogP contribution in [0.5, 0.6) is 0 Å². The van der Waals surface area contributed by atoms with Gasteiger partial charge in [0.2, 0.25) is 11.8 Å². The Labute approximate surface area is 330 Å². The second kappa shape index (κ2) is 18.7. The van der Waals surface area contributed by atoms with Crippen molar-refractivity contribution in [2.45, 2.75) is 153 Å². The molecule has 0 unspecified atom stereocenters. The van der Waals surface area contributed by atoms with Gasteiger partial charge in [-0.15, -0.1) is 0 Å². The Bertz CT molecular complexity index is 1390. The molecule has 3 saturated heterocycles. The van der Waals surface area contributed by atoms with Gasteiger partial charge in [-0.3, -0.25) is 9.59 Å². The summed E-state index contributed by atoms with van der Waals surface area (Å²) >= 11 is 3.49. The van der Waals surface area contributed by atoms with Crippen LogP contribution in [0.15, 0.2) is 28.7 Å². The van der Waals surface area contributed by atoms with Crippen LogP contribution in [0.25, 0.3) is 0 Å². The molecule has 3 aliphatic rings. The molecular weight excluding hydrogens is 762 g/mol. The van der Waals surface area contributed by atoms with Crippen LogP contribution in [0.1, 0.15) is 79.7 Å². The first kappa shape index (κ1) is 45.0. The lowest BCUT2D eigenvalue weighted by molar-refractivity contribution is -0.317. The van der Waals surface area contributed by atoms with E-state index in [0.717, 1.165) is 10.0 Å². The molecule has 0 radical (unpaired) electrons. The molecule has 0 aromatic heterocycles. The number of ether oxygens (including phenoxy) is 5. The van der Waals surface area contributed by atoms with Crippen LogP contribution in [0, 0.1) is 17.8 Å². The molecule has 0 saturated carbocycles. The number of halogens is 1. The van der Waals surface area contributed by atoms with Gasteiger partial charge in [0, 0.05) is 56.0 Å². The minimum atomic E-state index is -1.54. The lowest BCUT2D eigenvalue weighted by Gasteiger charge is -2.49. The molecule has 0 spiro atoms. The summed E-state index contributed by atoms with van der Waals surface area (Å²) in [6, 6.07) is 7.01. The van der Waals surface area contributed by atoms with Crippen molar-refractivity contribution in [1.82, 2.24) is 15.1 Å². The van der Waals surface area contributed by atoms with Crippen molar-refractivity contribution in [3.05, 3.63) is 34.3 Å². The van der Waals surface area contributed by atoms with E-state index >= 15 is 0 Å². The molecule has 54 heavy (non-hydrogen) atoms. The number of likely N-dealkylation sites (N-methyl/N-ethyl adjacent to an activating group) is 1. The molecule has 3 heterocycles. The molecule has 3 fully saturated rings. The number of carbonyl (C=O) groups excluding carboxylic acids is 2. The van der Waals surface area contributed by atoms with Crippen molar-refractivity contribution in [2.75, 3.05) is 34.8 Å². The molecule has 0 aliphatic carbocycles. The quantitative estimate of drug-likeness (QED) is 0.304. The third kappa shape index (κ3) is 11.0. The Kier molecular flexibility index (Phi) is 15.6. The van der Waals surface area contributed by atoms with Crippen LogP contribution in [-0.2, 0) is 39.7 Å². The summed E-state index contributed by atoms with van der Waals surface area (Å²) in [5, 5.41) is 38.1. The van der Waals surface area contributed by atoms with Crippen molar-refractivity contribution in [3.63, 3.8) is 0 Å². The van der Waals surface area contributed by atoms with Gasteiger partial charge < -0.3 is 54.1 Å². The topological polar surface area (TPSA) is 159 Å². The van der Waals surface area contributed by atoms with Gasteiger partial charge in [0.25, 0.3) is 0 Å². The van der Waals surface area contributed by atoms with E-state index < -0.39 is 72.2 Å². The van der Waals surface area contributed by atoms with Gasteiger partial charge in [-0.05, 0) is 84.7 Å². The van der Waals surface area contributed by atoms with Crippen molar-refractivity contribution in [1.29, 1.82) is 0 Å². The maximum absolute atomic E-state index is 14.4. The van der Waals surface area contributed by atoms with Crippen LogP contribution in [0.4, 0.5) is 0 Å². The van der Waals surface area contributed by atoms with Gasteiger partial charge in [-0.25, -0.2) is 0 Å². The predicted octanol–water partition coefficient (Wildman–Crippen LogP) is 3.49. The predicted molar refractivity (Wildman–Crippen MR) is 207 cm³/mol. The molecule has 1 aromatic carbocycles. The highest BCUT2D eigenvalue weighted by atomic mass is 79.9. The molecule has 2 amide bonds. The van der Waals surface area contributed by atoms with Gasteiger partial charge in [0.1, 0.15) is 12.2 Å². The second-order valence-electron chi connectivity index (χ2n) is 17.0. The number of aliphatic hydroxyl groups is 3. The zero-order chi connectivity index (χ0) is 40.3. The highest BCUT2D eigenvalue weighted by Gasteiger charge is 2.51. The number of aliphatic hydroxyl groups excluding tert-OH is 2. The fourth-order valence-corrected chi connectivity index (χ4v) is 8.92. The number of nitrogens with zero attached hydrogens (tertiary/aromatic N) is 2. The number of methoxy groups -OCH3 is 1. The van der Waals surface area contributed by atoms with Crippen LogP contribution in [0.3, 0.4) is 0 Å². The van der Waals surface area contributed by atoms with Gasteiger partial charge in [0.05, 0.1) is 41.5 Å². The summed E-state index contributed by atoms with van der Waals surface area (Å²) in [5.41, 5.74) is -1.57. The van der Waals surface area contributed by atoms with E-state index in [-0.39, 0.29) is 49.1 Å².